The topological polar surface area (TPSA) is 93.3 Å². The van der Waals surface area contributed by atoms with Gasteiger partial charge in [-0.2, -0.15) is 4.39 Å². The van der Waals surface area contributed by atoms with E-state index in [1.54, 1.807) is 0 Å². The van der Waals surface area contributed by atoms with E-state index in [-0.39, 0.29) is 0 Å². The van der Waals surface area contributed by atoms with Crippen LogP contribution in [0.5, 0.6) is 0 Å². The molecule has 0 radical (unpaired) electrons. The highest BCUT2D eigenvalue weighted by Gasteiger charge is 2.27. The fourth-order valence-corrected chi connectivity index (χ4v) is 1.17. The molecule has 92 valence electrons. The van der Waals surface area contributed by atoms with Crippen LogP contribution in [0.1, 0.15) is 17.7 Å². The Kier molecular flexibility index (Phi) is 3.61. The van der Waals surface area contributed by atoms with Crippen molar-refractivity contribution in [1.29, 1.82) is 0 Å². The third kappa shape index (κ3) is 2.68. The second kappa shape index (κ2) is 4.76. The van der Waals surface area contributed by atoms with Crippen LogP contribution in [-0.2, 0) is 11.2 Å². The van der Waals surface area contributed by atoms with Gasteiger partial charge in [-0.05, 0) is 0 Å². The van der Waals surface area contributed by atoms with Gasteiger partial charge in [-0.3, -0.25) is 14.9 Å². The molecule has 9 heteroatoms. The highest BCUT2D eigenvalue weighted by Crippen LogP contribution is 2.28. The van der Waals surface area contributed by atoms with Gasteiger partial charge in [-0.25, -0.2) is 13.8 Å². The van der Waals surface area contributed by atoms with E-state index in [9.17, 15) is 28.1 Å². The van der Waals surface area contributed by atoms with E-state index in [0.29, 0.717) is 6.20 Å². The first-order valence-corrected chi connectivity index (χ1v) is 4.16. The minimum Gasteiger partial charge on any atom is -0.481 e. The standard InChI is InChI=1S/C8H5F3N2O4/c9-6-3(1-5(14)15)7(8(10)11)12-2-4(6)13(16)17/h2,8H,1H2,(H,14,15). The third-order valence-electron chi connectivity index (χ3n) is 1.86. The second-order valence-corrected chi connectivity index (χ2v) is 2.95. The number of carboxylic acid groups (broad SMARTS) is 1. The molecular formula is C8H5F3N2O4. The molecule has 0 spiro atoms. The summed E-state index contributed by atoms with van der Waals surface area (Å²) >= 11 is 0. The molecule has 0 aliphatic heterocycles. The van der Waals surface area contributed by atoms with E-state index < -0.39 is 46.5 Å². The Bertz CT molecular complexity index is 478. The molecule has 0 bridgehead atoms. The van der Waals surface area contributed by atoms with E-state index in [0.717, 1.165) is 0 Å². The molecule has 1 heterocycles. The van der Waals surface area contributed by atoms with Crippen molar-refractivity contribution in [3.05, 3.63) is 33.4 Å². The van der Waals surface area contributed by atoms with E-state index in [1.165, 1.54) is 0 Å². The minimum absolute atomic E-state index is 0.335. The fourth-order valence-electron chi connectivity index (χ4n) is 1.17. The van der Waals surface area contributed by atoms with Crippen LogP contribution in [0.4, 0.5) is 18.9 Å². The van der Waals surface area contributed by atoms with Crippen LogP contribution in [0.25, 0.3) is 0 Å². The van der Waals surface area contributed by atoms with E-state index in [2.05, 4.69) is 4.98 Å². The number of hydrogen-bond acceptors (Lipinski definition) is 4. The lowest BCUT2D eigenvalue weighted by Gasteiger charge is -2.06. The molecule has 0 atom stereocenters. The first kappa shape index (κ1) is 12.9. The summed E-state index contributed by atoms with van der Waals surface area (Å²) in [4.78, 5) is 22.6. The van der Waals surface area contributed by atoms with Gasteiger partial charge in [0.15, 0.2) is 0 Å². The van der Waals surface area contributed by atoms with Crippen molar-refractivity contribution in [3.8, 4) is 0 Å². The molecule has 0 aliphatic rings. The Morgan fingerprint density at radius 1 is 1.59 bits per heavy atom. The Labute approximate surface area is 91.9 Å². The summed E-state index contributed by atoms with van der Waals surface area (Å²) < 4.78 is 38.2. The number of nitro groups is 1. The lowest BCUT2D eigenvalue weighted by Crippen LogP contribution is -2.10. The van der Waals surface area contributed by atoms with Crippen molar-refractivity contribution >= 4 is 11.7 Å². The summed E-state index contributed by atoms with van der Waals surface area (Å²) in [6, 6.07) is 0. The molecule has 0 saturated heterocycles. The van der Waals surface area contributed by atoms with Crippen LogP contribution < -0.4 is 0 Å². The third-order valence-corrected chi connectivity index (χ3v) is 1.86. The van der Waals surface area contributed by atoms with Crippen molar-refractivity contribution in [1.82, 2.24) is 4.98 Å². The van der Waals surface area contributed by atoms with Gasteiger partial charge in [0.05, 0.1) is 11.3 Å². The van der Waals surface area contributed by atoms with Crippen LogP contribution in [0.3, 0.4) is 0 Å². The van der Waals surface area contributed by atoms with Gasteiger partial charge in [0.2, 0.25) is 5.82 Å². The average molecular weight is 250 g/mol. The number of aromatic nitrogens is 1. The number of pyridine rings is 1. The fraction of sp³-hybridized carbons (Fsp3) is 0.250. The number of hydrogen-bond donors (Lipinski definition) is 1. The highest BCUT2D eigenvalue weighted by atomic mass is 19.3. The number of halogens is 3. The highest BCUT2D eigenvalue weighted by molar-refractivity contribution is 5.71. The quantitative estimate of drug-likeness (QED) is 0.648. The van der Waals surface area contributed by atoms with Crippen LogP contribution in [0, 0.1) is 15.9 Å². The first-order chi connectivity index (χ1) is 7.84. The van der Waals surface area contributed by atoms with Gasteiger partial charge >= 0.3 is 11.7 Å². The molecule has 0 aromatic carbocycles. The molecule has 0 saturated carbocycles. The Morgan fingerprint density at radius 3 is 2.59 bits per heavy atom. The number of aliphatic carboxylic acids is 1. The van der Waals surface area contributed by atoms with Gasteiger partial charge in [-0.1, -0.05) is 0 Å². The summed E-state index contributed by atoms with van der Waals surface area (Å²) in [6.07, 6.45) is -3.97. The molecule has 0 aliphatic carbocycles. The number of nitrogens with zero attached hydrogens (tertiary/aromatic N) is 2. The lowest BCUT2D eigenvalue weighted by molar-refractivity contribution is -0.388. The maximum Gasteiger partial charge on any atom is 0.323 e. The first-order valence-electron chi connectivity index (χ1n) is 4.16. The minimum atomic E-state index is -3.21. The van der Waals surface area contributed by atoms with Gasteiger partial charge < -0.3 is 5.11 Å². The van der Waals surface area contributed by atoms with Gasteiger partial charge in [0.25, 0.3) is 6.43 Å². The maximum atomic E-state index is 13.4. The molecule has 1 rings (SSSR count). The zero-order chi connectivity index (χ0) is 13.2. The van der Waals surface area contributed by atoms with Crippen molar-refractivity contribution in [2.75, 3.05) is 0 Å². The number of alkyl halides is 2. The predicted octanol–water partition coefficient (Wildman–Crippen LogP) is 1.69. The number of carbonyl (C=O) groups is 1. The van der Waals surface area contributed by atoms with Crippen molar-refractivity contribution in [3.63, 3.8) is 0 Å². The van der Waals surface area contributed by atoms with Crippen LogP contribution in [0.15, 0.2) is 6.20 Å². The molecular weight excluding hydrogens is 245 g/mol. The van der Waals surface area contributed by atoms with Crippen molar-refractivity contribution in [2.24, 2.45) is 0 Å². The number of carboxylic acids is 1. The smallest absolute Gasteiger partial charge is 0.323 e. The molecule has 0 unspecified atom stereocenters. The SMILES string of the molecule is O=C(O)Cc1c(C(F)F)ncc([N+](=O)[O-])c1F. The van der Waals surface area contributed by atoms with Crippen molar-refractivity contribution in [2.45, 2.75) is 12.8 Å². The molecule has 1 N–H and O–H groups in total. The summed E-state index contributed by atoms with van der Waals surface area (Å²) in [5.41, 5.74) is -3.21. The van der Waals surface area contributed by atoms with Crippen LogP contribution >= 0.6 is 0 Å². The monoisotopic (exact) mass is 250 g/mol. The Morgan fingerprint density at radius 2 is 2.18 bits per heavy atom. The van der Waals surface area contributed by atoms with Crippen LogP contribution in [0.2, 0.25) is 0 Å². The molecule has 0 fully saturated rings. The average Bonchev–Trinajstić information content (AvgIpc) is 2.19. The molecule has 17 heavy (non-hydrogen) atoms. The van der Waals surface area contributed by atoms with E-state index in [4.69, 9.17) is 5.11 Å². The van der Waals surface area contributed by atoms with Gasteiger partial charge in [0.1, 0.15) is 11.9 Å². The molecule has 1 aromatic heterocycles. The molecule has 0 amide bonds. The normalized spacial score (nSPS) is 10.6. The summed E-state index contributed by atoms with van der Waals surface area (Å²) in [6.45, 7) is 0. The zero-order valence-corrected chi connectivity index (χ0v) is 8.06. The molecule has 1 aromatic rings. The summed E-state index contributed by atoms with van der Waals surface area (Å²) in [5.74, 6) is -3.18. The maximum absolute atomic E-state index is 13.4. The lowest BCUT2D eigenvalue weighted by atomic mass is 10.1. The van der Waals surface area contributed by atoms with Gasteiger partial charge in [-0.15, -0.1) is 0 Å². The zero-order valence-electron chi connectivity index (χ0n) is 8.06. The number of rotatable bonds is 4. The second-order valence-electron chi connectivity index (χ2n) is 2.95. The van der Waals surface area contributed by atoms with Crippen LogP contribution in [-0.4, -0.2) is 21.0 Å². The Balaban J connectivity index is 3.41. The summed E-state index contributed by atoms with van der Waals surface area (Å²) in [5, 5.41) is 18.7. The van der Waals surface area contributed by atoms with Crippen molar-refractivity contribution < 1.29 is 28.0 Å². The predicted molar refractivity (Wildman–Crippen MR) is 47.1 cm³/mol. The largest absolute Gasteiger partial charge is 0.481 e. The molecule has 6 nitrogen and oxygen atoms in total. The van der Waals surface area contributed by atoms with E-state index >= 15 is 0 Å². The summed E-state index contributed by atoms with van der Waals surface area (Å²) in [7, 11) is 0. The van der Waals surface area contributed by atoms with E-state index in [1.807, 2.05) is 0 Å². The van der Waals surface area contributed by atoms with Gasteiger partial charge in [0, 0.05) is 5.56 Å². The Hall–Kier alpha value is -2.19.